The molecule has 5 nitrogen and oxygen atoms in total. The minimum atomic E-state index is -4.96. The summed E-state index contributed by atoms with van der Waals surface area (Å²) in [5.41, 5.74) is -2.25. The molecule has 0 aliphatic carbocycles. The zero-order valence-electron chi connectivity index (χ0n) is 8.32. The van der Waals surface area contributed by atoms with Crippen LogP contribution in [0, 0.1) is 0 Å². The Bertz CT molecular complexity index is 565. The summed E-state index contributed by atoms with van der Waals surface area (Å²) in [6.07, 6.45) is -3.96. The van der Waals surface area contributed by atoms with Gasteiger partial charge in [-0.15, -0.1) is 0 Å². The van der Waals surface area contributed by atoms with E-state index in [4.69, 9.17) is 5.11 Å². The van der Waals surface area contributed by atoms with Gasteiger partial charge in [0, 0.05) is 12.5 Å². The number of rotatable bonds is 2. The van der Waals surface area contributed by atoms with Crippen LogP contribution in [0.4, 0.5) is 13.2 Å². The Hall–Kier alpha value is -1.64. The molecule has 0 aromatic carbocycles. The van der Waals surface area contributed by atoms with Crippen LogP contribution in [-0.4, -0.2) is 30.7 Å². The summed E-state index contributed by atoms with van der Waals surface area (Å²) in [7, 11) is -4.22. The standard InChI is InChI=1S/C8H6F3NO4S/c1-17(15,16)5-2-4(7(13)14)3-12-6(5)8(9,10)11/h2-3H,1H3,(H,13,14). The number of pyridine rings is 1. The van der Waals surface area contributed by atoms with E-state index in [1.807, 2.05) is 0 Å². The molecule has 1 heterocycles. The molecule has 0 fully saturated rings. The average Bonchev–Trinajstić information content (AvgIpc) is 2.14. The van der Waals surface area contributed by atoms with Crippen molar-refractivity contribution < 1.29 is 31.5 Å². The Morgan fingerprint density at radius 1 is 1.41 bits per heavy atom. The second-order valence-corrected chi connectivity index (χ2v) is 5.13. The lowest BCUT2D eigenvalue weighted by Crippen LogP contribution is -2.16. The fourth-order valence-corrected chi connectivity index (χ4v) is 1.92. The number of aromatic nitrogens is 1. The van der Waals surface area contributed by atoms with Crippen LogP contribution < -0.4 is 0 Å². The first-order valence-corrected chi connectivity index (χ1v) is 5.93. The lowest BCUT2D eigenvalue weighted by molar-refractivity contribution is -0.143. The predicted octanol–water partition coefficient (Wildman–Crippen LogP) is 1.20. The Balaban J connectivity index is 3.60. The molecular formula is C8H6F3NO4S. The summed E-state index contributed by atoms with van der Waals surface area (Å²) in [5.74, 6) is -1.56. The number of carboxylic acids is 1. The molecule has 9 heteroatoms. The molecule has 0 radical (unpaired) electrons. The van der Waals surface area contributed by atoms with Crippen molar-refractivity contribution in [2.45, 2.75) is 11.1 Å². The van der Waals surface area contributed by atoms with Gasteiger partial charge in [0.15, 0.2) is 15.5 Å². The van der Waals surface area contributed by atoms with Gasteiger partial charge in [0.1, 0.15) is 0 Å². The third-order valence-corrected chi connectivity index (χ3v) is 2.88. The van der Waals surface area contributed by atoms with E-state index in [1.165, 1.54) is 0 Å². The van der Waals surface area contributed by atoms with Gasteiger partial charge in [-0.05, 0) is 6.07 Å². The highest BCUT2D eigenvalue weighted by Gasteiger charge is 2.38. The third-order valence-electron chi connectivity index (χ3n) is 1.77. The molecule has 0 saturated heterocycles. The fraction of sp³-hybridized carbons (Fsp3) is 0.250. The van der Waals surface area contributed by atoms with Crippen LogP contribution in [0.25, 0.3) is 0 Å². The fourth-order valence-electron chi connectivity index (χ4n) is 1.06. The van der Waals surface area contributed by atoms with E-state index in [9.17, 15) is 26.4 Å². The van der Waals surface area contributed by atoms with Crippen molar-refractivity contribution in [3.05, 3.63) is 23.5 Å². The molecule has 1 aromatic heterocycles. The third kappa shape index (κ3) is 2.93. The molecular weight excluding hydrogens is 263 g/mol. The van der Waals surface area contributed by atoms with Crippen molar-refractivity contribution in [1.82, 2.24) is 4.98 Å². The highest BCUT2D eigenvalue weighted by molar-refractivity contribution is 7.90. The summed E-state index contributed by atoms with van der Waals surface area (Å²) in [6, 6.07) is 0.438. The van der Waals surface area contributed by atoms with E-state index in [-0.39, 0.29) is 0 Å². The number of carboxylic acid groups (broad SMARTS) is 1. The average molecular weight is 269 g/mol. The summed E-state index contributed by atoms with van der Waals surface area (Å²) < 4.78 is 59.6. The molecule has 0 bridgehead atoms. The van der Waals surface area contributed by atoms with Crippen molar-refractivity contribution >= 4 is 15.8 Å². The minimum Gasteiger partial charge on any atom is -0.478 e. The number of sulfone groups is 1. The maximum Gasteiger partial charge on any atom is 0.434 e. The highest BCUT2D eigenvalue weighted by Crippen LogP contribution is 2.32. The molecule has 0 unspecified atom stereocenters. The molecule has 1 rings (SSSR count). The van der Waals surface area contributed by atoms with E-state index >= 15 is 0 Å². The number of hydrogen-bond donors (Lipinski definition) is 1. The van der Waals surface area contributed by atoms with Gasteiger partial charge in [-0.3, -0.25) is 0 Å². The van der Waals surface area contributed by atoms with Crippen LogP contribution in [0.15, 0.2) is 17.2 Å². The second-order valence-electron chi connectivity index (χ2n) is 3.15. The molecule has 17 heavy (non-hydrogen) atoms. The molecule has 0 aliphatic heterocycles. The van der Waals surface area contributed by atoms with Crippen LogP contribution >= 0.6 is 0 Å². The Labute approximate surface area is 93.8 Å². The molecule has 1 aromatic rings. The largest absolute Gasteiger partial charge is 0.478 e. The van der Waals surface area contributed by atoms with E-state index in [1.54, 1.807) is 0 Å². The monoisotopic (exact) mass is 269 g/mol. The second kappa shape index (κ2) is 3.99. The van der Waals surface area contributed by atoms with Crippen molar-refractivity contribution in [3.63, 3.8) is 0 Å². The van der Waals surface area contributed by atoms with Crippen LogP contribution in [-0.2, 0) is 16.0 Å². The molecule has 0 amide bonds. The maximum absolute atomic E-state index is 12.4. The molecule has 1 N–H and O–H groups in total. The van der Waals surface area contributed by atoms with E-state index in [0.717, 1.165) is 0 Å². The number of hydrogen-bond acceptors (Lipinski definition) is 4. The van der Waals surface area contributed by atoms with Crippen molar-refractivity contribution in [2.75, 3.05) is 6.26 Å². The molecule has 94 valence electrons. The van der Waals surface area contributed by atoms with Gasteiger partial charge in [0.05, 0.1) is 10.5 Å². The first kappa shape index (κ1) is 13.4. The van der Waals surface area contributed by atoms with Crippen molar-refractivity contribution in [1.29, 1.82) is 0 Å². The smallest absolute Gasteiger partial charge is 0.434 e. The van der Waals surface area contributed by atoms with Crippen LogP contribution in [0.3, 0.4) is 0 Å². The zero-order chi connectivity index (χ0) is 13.4. The van der Waals surface area contributed by atoms with Gasteiger partial charge >= 0.3 is 12.1 Å². The molecule has 0 spiro atoms. The Morgan fingerprint density at radius 3 is 2.29 bits per heavy atom. The topological polar surface area (TPSA) is 84.3 Å². The number of halogens is 3. The highest BCUT2D eigenvalue weighted by atomic mass is 32.2. The van der Waals surface area contributed by atoms with E-state index in [2.05, 4.69) is 4.98 Å². The van der Waals surface area contributed by atoms with Crippen LogP contribution in [0.5, 0.6) is 0 Å². The number of nitrogens with zero attached hydrogens (tertiary/aromatic N) is 1. The minimum absolute atomic E-state index is 0.438. The first-order chi connectivity index (χ1) is 7.53. The summed E-state index contributed by atoms with van der Waals surface area (Å²) in [5, 5.41) is 8.55. The maximum atomic E-state index is 12.4. The van der Waals surface area contributed by atoms with Gasteiger partial charge < -0.3 is 5.11 Å². The SMILES string of the molecule is CS(=O)(=O)c1cc(C(=O)O)cnc1C(F)(F)F. The van der Waals surface area contributed by atoms with Crippen LogP contribution in [0.1, 0.15) is 16.1 Å². The van der Waals surface area contributed by atoms with Gasteiger partial charge in [0.25, 0.3) is 0 Å². The van der Waals surface area contributed by atoms with Crippen LogP contribution in [0.2, 0.25) is 0 Å². The van der Waals surface area contributed by atoms with Gasteiger partial charge in [-0.2, -0.15) is 13.2 Å². The summed E-state index contributed by atoms with van der Waals surface area (Å²) in [4.78, 5) is 12.2. The number of carbonyl (C=O) groups is 1. The predicted molar refractivity (Wildman–Crippen MR) is 49.3 cm³/mol. The lowest BCUT2D eigenvalue weighted by atomic mass is 10.2. The summed E-state index contributed by atoms with van der Waals surface area (Å²) >= 11 is 0. The normalized spacial score (nSPS) is 12.5. The molecule has 0 aliphatic rings. The Kier molecular flexibility index (Phi) is 3.15. The van der Waals surface area contributed by atoms with Crippen molar-refractivity contribution in [3.8, 4) is 0 Å². The van der Waals surface area contributed by atoms with Crippen molar-refractivity contribution in [2.24, 2.45) is 0 Å². The molecule has 0 atom stereocenters. The van der Waals surface area contributed by atoms with Gasteiger partial charge in [-0.25, -0.2) is 18.2 Å². The quantitative estimate of drug-likeness (QED) is 0.872. The van der Waals surface area contributed by atoms with E-state index in [0.29, 0.717) is 18.5 Å². The van der Waals surface area contributed by atoms with Gasteiger partial charge in [0.2, 0.25) is 0 Å². The van der Waals surface area contributed by atoms with E-state index < -0.39 is 38.1 Å². The first-order valence-electron chi connectivity index (χ1n) is 4.04. The van der Waals surface area contributed by atoms with Gasteiger partial charge in [-0.1, -0.05) is 0 Å². The number of aromatic carboxylic acids is 1. The molecule has 0 saturated carbocycles. The number of alkyl halides is 3. The lowest BCUT2D eigenvalue weighted by Gasteiger charge is -2.10. The Morgan fingerprint density at radius 2 is 1.94 bits per heavy atom. The summed E-state index contributed by atoms with van der Waals surface area (Å²) in [6.45, 7) is 0. The zero-order valence-corrected chi connectivity index (χ0v) is 9.13.